The topological polar surface area (TPSA) is 70.7 Å². The Morgan fingerprint density at radius 3 is 2.76 bits per heavy atom. The highest BCUT2D eigenvalue weighted by Gasteiger charge is 2.24. The molecule has 2 atom stereocenters. The molecule has 1 heterocycles. The summed E-state index contributed by atoms with van der Waals surface area (Å²) in [5.41, 5.74) is 1.44. The molecule has 2 unspecified atom stereocenters. The van der Waals surface area contributed by atoms with Crippen molar-refractivity contribution in [1.82, 2.24) is 15.1 Å². The minimum absolute atomic E-state index is 0.0758. The van der Waals surface area contributed by atoms with Crippen LogP contribution in [-0.4, -0.2) is 21.7 Å². The highest BCUT2D eigenvalue weighted by Crippen LogP contribution is 2.25. The van der Waals surface area contributed by atoms with E-state index in [4.69, 9.17) is 11.6 Å². The molecule has 136 valence electrons. The number of carbonyl (C=O) groups excluding carboxylic acids is 1. The highest BCUT2D eigenvalue weighted by molar-refractivity contribution is 6.31. The Morgan fingerprint density at radius 1 is 1.48 bits per heavy atom. The fourth-order valence-corrected chi connectivity index (χ4v) is 3.57. The van der Waals surface area contributed by atoms with E-state index in [-0.39, 0.29) is 17.5 Å². The van der Waals surface area contributed by atoms with Gasteiger partial charge in [0, 0.05) is 18.2 Å². The molecule has 1 N–H and O–H groups in total. The number of nitrogens with one attached hydrogen (secondary N) is 1. The molecule has 0 aliphatic heterocycles. The Labute approximate surface area is 155 Å². The van der Waals surface area contributed by atoms with Gasteiger partial charge in [-0.25, -0.2) is 0 Å². The van der Waals surface area contributed by atoms with Crippen molar-refractivity contribution in [2.45, 2.75) is 66.0 Å². The second kappa shape index (κ2) is 8.53. The van der Waals surface area contributed by atoms with Gasteiger partial charge in [0.2, 0.25) is 0 Å². The predicted octanol–water partition coefficient (Wildman–Crippen LogP) is 4.10. The lowest BCUT2D eigenvalue weighted by Gasteiger charge is -2.29. The Balaban J connectivity index is 2.21. The van der Waals surface area contributed by atoms with E-state index in [1.165, 1.54) is 6.42 Å². The molecule has 0 radical (unpaired) electrons. The van der Waals surface area contributed by atoms with Crippen LogP contribution in [0.4, 0.5) is 0 Å². The third kappa shape index (κ3) is 4.85. The molecule has 1 amide bonds. The molecular formula is C19H27ClN4O. The molecule has 2 rings (SSSR count). The van der Waals surface area contributed by atoms with Crippen LogP contribution in [0.1, 0.15) is 57.7 Å². The van der Waals surface area contributed by atoms with E-state index in [0.717, 1.165) is 25.0 Å². The zero-order valence-corrected chi connectivity index (χ0v) is 16.2. The lowest BCUT2D eigenvalue weighted by atomic mass is 9.86. The van der Waals surface area contributed by atoms with Gasteiger partial charge in [0.15, 0.2) is 0 Å². The minimum Gasteiger partial charge on any atom is -0.348 e. The van der Waals surface area contributed by atoms with Gasteiger partial charge < -0.3 is 5.32 Å². The molecule has 0 saturated heterocycles. The average molecular weight is 363 g/mol. The number of aromatic nitrogens is 2. The van der Waals surface area contributed by atoms with Crippen LogP contribution in [0, 0.1) is 30.1 Å². The maximum absolute atomic E-state index is 12.5. The molecule has 1 aromatic rings. The van der Waals surface area contributed by atoms with E-state index in [1.807, 2.05) is 13.0 Å². The van der Waals surface area contributed by atoms with Crippen LogP contribution < -0.4 is 5.32 Å². The van der Waals surface area contributed by atoms with Crippen molar-refractivity contribution in [3.63, 3.8) is 0 Å². The van der Waals surface area contributed by atoms with Crippen LogP contribution in [0.5, 0.6) is 0 Å². The standard InChI is InChI=1S/C19H27ClN4O/c1-12(2)11-24-18(20)16(14(4)23-24)9-15(10-21)19(25)22-17-8-6-5-7-13(17)3/h9,12-13,17H,5-8,11H2,1-4H3,(H,22,25)/b15-9+. The first kappa shape index (κ1) is 19.5. The van der Waals surface area contributed by atoms with Crippen molar-refractivity contribution in [2.24, 2.45) is 11.8 Å². The fourth-order valence-electron chi connectivity index (χ4n) is 3.27. The van der Waals surface area contributed by atoms with Gasteiger partial charge in [0.25, 0.3) is 5.91 Å². The van der Waals surface area contributed by atoms with E-state index in [2.05, 4.69) is 31.2 Å². The number of rotatable bonds is 5. The van der Waals surface area contributed by atoms with Crippen LogP contribution in [0.15, 0.2) is 5.57 Å². The van der Waals surface area contributed by atoms with E-state index >= 15 is 0 Å². The van der Waals surface area contributed by atoms with Gasteiger partial charge in [-0.3, -0.25) is 9.48 Å². The van der Waals surface area contributed by atoms with E-state index in [9.17, 15) is 10.1 Å². The van der Waals surface area contributed by atoms with Gasteiger partial charge in [0.1, 0.15) is 16.8 Å². The normalized spacial score (nSPS) is 21.2. The highest BCUT2D eigenvalue weighted by atomic mass is 35.5. The summed E-state index contributed by atoms with van der Waals surface area (Å²) in [7, 11) is 0. The number of nitrogens with zero attached hydrogens (tertiary/aromatic N) is 3. The monoisotopic (exact) mass is 362 g/mol. The fraction of sp³-hybridized carbons (Fsp3) is 0.632. The quantitative estimate of drug-likeness (QED) is 0.633. The Hall–Kier alpha value is -1.80. The first-order chi connectivity index (χ1) is 11.8. The minimum atomic E-state index is -0.326. The molecule has 1 aromatic heterocycles. The average Bonchev–Trinajstić information content (AvgIpc) is 2.80. The lowest BCUT2D eigenvalue weighted by molar-refractivity contribution is -0.118. The molecule has 25 heavy (non-hydrogen) atoms. The zero-order valence-electron chi connectivity index (χ0n) is 15.5. The molecule has 1 aliphatic rings. The van der Waals surface area contributed by atoms with E-state index in [0.29, 0.717) is 29.1 Å². The van der Waals surface area contributed by atoms with Crippen LogP contribution in [0.2, 0.25) is 5.15 Å². The molecule has 0 bridgehead atoms. The van der Waals surface area contributed by atoms with Gasteiger partial charge in [0.05, 0.1) is 5.69 Å². The van der Waals surface area contributed by atoms with Crippen molar-refractivity contribution in [3.05, 3.63) is 22.0 Å². The number of hydrogen-bond donors (Lipinski definition) is 1. The Morgan fingerprint density at radius 2 is 2.16 bits per heavy atom. The lowest BCUT2D eigenvalue weighted by Crippen LogP contribution is -2.41. The van der Waals surface area contributed by atoms with Crippen LogP contribution in [0.25, 0.3) is 6.08 Å². The third-order valence-corrected chi connectivity index (χ3v) is 5.13. The van der Waals surface area contributed by atoms with Crippen molar-refractivity contribution in [2.75, 3.05) is 0 Å². The molecule has 0 spiro atoms. The zero-order chi connectivity index (χ0) is 18.6. The van der Waals surface area contributed by atoms with Crippen molar-refractivity contribution < 1.29 is 4.79 Å². The molecule has 1 fully saturated rings. The first-order valence-corrected chi connectivity index (χ1v) is 9.36. The van der Waals surface area contributed by atoms with Crippen LogP contribution >= 0.6 is 11.6 Å². The SMILES string of the molecule is Cc1nn(CC(C)C)c(Cl)c1/C=C(\C#N)C(=O)NC1CCCCC1C. The number of hydrogen-bond acceptors (Lipinski definition) is 3. The molecule has 1 saturated carbocycles. The van der Waals surface area contributed by atoms with Gasteiger partial charge in [-0.1, -0.05) is 45.2 Å². The van der Waals surface area contributed by atoms with Crippen molar-refractivity contribution in [1.29, 1.82) is 5.26 Å². The van der Waals surface area contributed by atoms with Crippen LogP contribution in [0.3, 0.4) is 0 Å². The molecule has 6 heteroatoms. The van der Waals surface area contributed by atoms with E-state index in [1.54, 1.807) is 10.8 Å². The number of amides is 1. The summed E-state index contributed by atoms with van der Waals surface area (Å²) in [6.45, 7) is 8.85. The largest absolute Gasteiger partial charge is 0.348 e. The second-order valence-corrected chi connectivity index (χ2v) is 7.74. The summed E-state index contributed by atoms with van der Waals surface area (Å²) in [4.78, 5) is 12.5. The number of aryl methyl sites for hydroxylation is 1. The van der Waals surface area contributed by atoms with Gasteiger partial charge in [-0.15, -0.1) is 0 Å². The predicted molar refractivity (Wildman–Crippen MR) is 100.0 cm³/mol. The summed E-state index contributed by atoms with van der Waals surface area (Å²) in [6.07, 6.45) is 5.97. The molecule has 1 aliphatic carbocycles. The van der Waals surface area contributed by atoms with Gasteiger partial charge in [-0.05, 0) is 37.7 Å². The third-order valence-electron chi connectivity index (χ3n) is 4.73. The Bertz CT molecular complexity index is 699. The van der Waals surface area contributed by atoms with Crippen molar-refractivity contribution in [3.8, 4) is 6.07 Å². The number of carbonyl (C=O) groups is 1. The summed E-state index contributed by atoms with van der Waals surface area (Å²) < 4.78 is 1.73. The number of halogens is 1. The van der Waals surface area contributed by atoms with Crippen molar-refractivity contribution >= 4 is 23.6 Å². The maximum atomic E-state index is 12.5. The summed E-state index contributed by atoms with van der Waals surface area (Å²) in [5, 5.41) is 17.3. The summed E-state index contributed by atoms with van der Waals surface area (Å²) in [5.74, 6) is 0.519. The maximum Gasteiger partial charge on any atom is 0.262 e. The summed E-state index contributed by atoms with van der Waals surface area (Å²) in [6, 6.07) is 2.15. The smallest absolute Gasteiger partial charge is 0.262 e. The van der Waals surface area contributed by atoms with Crippen LogP contribution in [-0.2, 0) is 11.3 Å². The molecule has 5 nitrogen and oxygen atoms in total. The summed E-state index contributed by atoms with van der Waals surface area (Å²) >= 11 is 6.41. The van der Waals surface area contributed by atoms with Gasteiger partial charge in [-0.2, -0.15) is 10.4 Å². The Kier molecular flexibility index (Phi) is 6.66. The molecule has 0 aromatic carbocycles. The van der Waals surface area contributed by atoms with E-state index < -0.39 is 0 Å². The van der Waals surface area contributed by atoms with Gasteiger partial charge >= 0.3 is 0 Å². The first-order valence-electron chi connectivity index (χ1n) is 8.99. The molecular weight excluding hydrogens is 336 g/mol. The number of nitriles is 1. The second-order valence-electron chi connectivity index (χ2n) is 7.38.